The Kier molecular flexibility index (Phi) is 4.60. The number of hydrogen-bond acceptors (Lipinski definition) is 2. The van der Waals surface area contributed by atoms with Gasteiger partial charge in [-0.2, -0.15) is 0 Å². The summed E-state index contributed by atoms with van der Waals surface area (Å²) in [5, 5.41) is 13.7. The molecule has 0 radical (unpaired) electrons. The van der Waals surface area contributed by atoms with Crippen LogP contribution in [0.1, 0.15) is 31.2 Å². The van der Waals surface area contributed by atoms with Crippen LogP contribution in [0.4, 0.5) is 4.39 Å². The van der Waals surface area contributed by atoms with Gasteiger partial charge in [-0.05, 0) is 62.9 Å². The monoisotopic (exact) mass is 271 g/mol. The molecule has 2 N–H and O–H groups in total. The van der Waals surface area contributed by atoms with Crippen LogP contribution in [0.3, 0.4) is 0 Å². The Morgan fingerprint density at radius 1 is 1.33 bits per heavy atom. The molecule has 1 aromatic carbocycles. The van der Waals surface area contributed by atoms with Crippen LogP contribution in [0.5, 0.6) is 0 Å². The molecular formula is C14H19ClFNO. The van der Waals surface area contributed by atoms with E-state index in [4.69, 9.17) is 11.6 Å². The molecule has 1 aliphatic rings. The van der Waals surface area contributed by atoms with Crippen LogP contribution in [-0.4, -0.2) is 23.8 Å². The highest BCUT2D eigenvalue weighted by Crippen LogP contribution is 2.25. The van der Waals surface area contributed by atoms with Gasteiger partial charge in [0.1, 0.15) is 5.82 Å². The quantitative estimate of drug-likeness (QED) is 0.883. The van der Waals surface area contributed by atoms with Gasteiger partial charge in [-0.3, -0.25) is 0 Å². The van der Waals surface area contributed by atoms with Crippen molar-refractivity contribution in [2.45, 2.75) is 37.7 Å². The lowest BCUT2D eigenvalue weighted by molar-refractivity contribution is 0.000920. The Bertz CT molecular complexity index is 405. The molecule has 4 heteroatoms. The summed E-state index contributed by atoms with van der Waals surface area (Å²) in [6, 6.07) is 4.83. The van der Waals surface area contributed by atoms with Gasteiger partial charge in [0.15, 0.2) is 0 Å². The van der Waals surface area contributed by atoms with E-state index in [1.807, 2.05) is 0 Å². The van der Waals surface area contributed by atoms with E-state index in [1.54, 1.807) is 12.1 Å². The average molecular weight is 272 g/mol. The molecule has 0 amide bonds. The van der Waals surface area contributed by atoms with Gasteiger partial charge in [0, 0.05) is 0 Å². The third kappa shape index (κ3) is 3.67. The highest BCUT2D eigenvalue weighted by molar-refractivity contribution is 6.30. The zero-order valence-electron chi connectivity index (χ0n) is 10.4. The SMILES string of the molecule is OC1(CCCc2ccc(F)c(Cl)c2)CCNCC1. The Morgan fingerprint density at radius 2 is 2.06 bits per heavy atom. The van der Waals surface area contributed by atoms with Gasteiger partial charge < -0.3 is 10.4 Å². The van der Waals surface area contributed by atoms with Gasteiger partial charge in [0.25, 0.3) is 0 Å². The fourth-order valence-electron chi connectivity index (χ4n) is 2.46. The number of nitrogens with one attached hydrogen (secondary N) is 1. The largest absolute Gasteiger partial charge is 0.390 e. The Morgan fingerprint density at radius 3 is 2.72 bits per heavy atom. The van der Waals surface area contributed by atoms with Crippen molar-refractivity contribution in [3.05, 3.63) is 34.6 Å². The number of halogens is 2. The molecule has 1 aromatic rings. The predicted octanol–water partition coefficient (Wildman–Crippen LogP) is 2.92. The second-order valence-electron chi connectivity index (χ2n) is 5.08. The van der Waals surface area contributed by atoms with Crippen molar-refractivity contribution >= 4 is 11.6 Å². The molecule has 0 atom stereocenters. The van der Waals surface area contributed by atoms with Crippen LogP contribution in [0, 0.1) is 5.82 Å². The maximum atomic E-state index is 13.0. The average Bonchev–Trinajstić information content (AvgIpc) is 2.34. The van der Waals surface area contributed by atoms with Crippen LogP contribution in [-0.2, 0) is 6.42 Å². The molecule has 100 valence electrons. The van der Waals surface area contributed by atoms with Gasteiger partial charge in [-0.15, -0.1) is 0 Å². The Balaban J connectivity index is 1.82. The maximum Gasteiger partial charge on any atom is 0.141 e. The second-order valence-corrected chi connectivity index (χ2v) is 5.48. The molecule has 2 nitrogen and oxygen atoms in total. The summed E-state index contributed by atoms with van der Waals surface area (Å²) in [6.45, 7) is 1.78. The number of aliphatic hydroxyl groups is 1. The minimum absolute atomic E-state index is 0.174. The van der Waals surface area contributed by atoms with Crippen LogP contribution >= 0.6 is 11.6 Å². The molecule has 2 rings (SSSR count). The number of aryl methyl sites for hydroxylation is 1. The van der Waals surface area contributed by atoms with E-state index in [1.165, 1.54) is 6.07 Å². The fraction of sp³-hybridized carbons (Fsp3) is 0.571. The molecule has 0 spiro atoms. The lowest BCUT2D eigenvalue weighted by atomic mass is 9.87. The Labute approximate surface area is 112 Å². The normalized spacial score (nSPS) is 18.8. The van der Waals surface area contributed by atoms with Gasteiger partial charge in [-0.25, -0.2) is 4.39 Å². The summed E-state index contributed by atoms with van der Waals surface area (Å²) in [5.41, 5.74) is 0.508. The van der Waals surface area contributed by atoms with E-state index >= 15 is 0 Å². The van der Waals surface area contributed by atoms with E-state index in [0.29, 0.717) is 0 Å². The summed E-state index contributed by atoms with van der Waals surface area (Å²) in [7, 11) is 0. The third-order valence-electron chi connectivity index (χ3n) is 3.63. The van der Waals surface area contributed by atoms with Crippen molar-refractivity contribution in [2.24, 2.45) is 0 Å². The summed E-state index contributed by atoms with van der Waals surface area (Å²) >= 11 is 5.74. The number of hydrogen-bond donors (Lipinski definition) is 2. The smallest absolute Gasteiger partial charge is 0.141 e. The lowest BCUT2D eigenvalue weighted by Crippen LogP contribution is -2.41. The van der Waals surface area contributed by atoms with Crippen molar-refractivity contribution in [1.82, 2.24) is 5.32 Å². The minimum Gasteiger partial charge on any atom is -0.390 e. The van der Waals surface area contributed by atoms with Crippen LogP contribution in [0.25, 0.3) is 0 Å². The molecule has 18 heavy (non-hydrogen) atoms. The topological polar surface area (TPSA) is 32.3 Å². The minimum atomic E-state index is -0.519. The van der Waals surface area contributed by atoms with Crippen molar-refractivity contribution in [3.63, 3.8) is 0 Å². The summed E-state index contributed by atoms with van der Waals surface area (Å²) in [4.78, 5) is 0. The van der Waals surface area contributed by atoms with E-state index in [9.17, 15) is 9.50 Å². The first-order valence-corrected chi connectivity index (χ1v) is 6.84. The van der Waals surface area contributed by atoms with Crippen molar-refractivity contribution < 1.29 is 9.50 Å². The summed E-state index contributed by atoms with van der Waals surface area (Å²) in [5.74, 6) is -0.377. The first-order valence-electron chi connectivity index (χ1n) is 6.46. The predicted molar refractivity (Wildman–Crippen MR) is 71.4 cm³/mol. The first-order chi connectivity index (χ1) is 8.59. The van der Waals surface area contributed by atoms with Gasteiger partial charge >= 0.3 is 0 Å². The standard InChI is InChI=1S/C14H19ClFNO/c15-12-10-11(3-4-13(12)16)2-1-5-14(18)6-8-17-9-7-14/h3-4,10,17-18H,1-2,5-9H2. The third-order valence-corrected chi connectivity index (χ3v) is 3.92. The van der Waals surface area contributed by atoms with Crippen LogP contribution in [0.2, 0.25) is 5.02 Å². The molecule has 1 fully saturated rings. The molecule has 0 aliphatic carbocycles. The van der Waals surface area contributed by atoms with E-state index in [2.05, 4.69) is 5.32 Å². The first kappa shape index (κ1) is 13.8. The molecule has 0 bridgehead atoms. The van der Waals surface area contributed by atoms with Crippen molar-refractivity contribution in [1.29, 1.82) is 0 Å². The fourth-order valence-corrected chi connectivity index (χ4v) is 2.66. The van der Waals surface area contributed by atoms with Crippen LogP contribution < -0.4 is 5.32 Å². The molecule has 0 aromatic heterocycles. The molecule has 1 aliphatic heterocycles. The summed E-state index contributed by atoms with van der Waals surface area (Å²) in [6.07, 6.45) is 4.16. The highest BCUT2D eigenvalue weighted by atomic mass is 35.5. The Hall–Kier alpha value is -0.640. The zero-order chi connectivity index (χ0) is 13.0. The lowest BCUT2D eigenvalue weighted by Gasteiger charge is -2.32. The van der Waals surface area contributed by atoms with Crippen molar-refractivity contribution in [3.8, 4) is 0 Å². The van der Waals surface area contributed by atoms with Crippen LogP contribution in [0.15, 0.2) is 18.2 Å². The molecule has 0 unspecified atom stereocenters. The second kappa shape index (κ2) is 6.00. The molecular weight excluding hydrogens is 253 g/mol. The molecule has 1 heterocycles. The highest BCUT2D eigenvalue weighted by Gasteiger charge is 2.28. The number of piperidine rings is 1. The van der Waals surface area contributed by atoms with Crippen molar-refractivity contribution in [2.75, 3.05) is 13.1 Å². The summed E-state index contributed by atoms with van der Waals surface area (Å²) < 4.78 is 13.0. The molecule has 0 saturated carbocycles. The number of rotatable bonds is 4. The van der Waals surface area contributed by atoms with E-state index in [0.717, 1.165) is 50.8 Å². The van der Waals surface area contributed by atoms with Gasteiger partial charge in [-0.1, -0.05) is 17.7 Å². The zero-order valence-corrected chi connectivity index (χ0v) is 11.1. The molecule has 1 saturated heterocycles. The van der Waals surface area contributed by atoms with E-state index < -0.39 is 5.60 Å². The number of benzene rings is 1. The maximum absolute atomic E-state index is 13.0. The van der Waals surface area contributed by atoms with Gasteiger partial charge in [0.2, 0.25) is 0 Å². The van der Waals surface area contributed by atoms with E-state index in [-0.39, 0.29) is 10.8 Å². The van der Waals surface area contributed by atoms with Gasteiger partial charge in [0.05, 0.1) is 10.6 Å².